The summed E-state index contributed by atoms with van der Waals surface area (Å²) in [5, 5.41) is 9.06. The van der Waals surface area contributed by atoms with E-state index in [9.17, 15) is 9.59 Å². The summed E-state index contributed by atoms with van der Waals surface area (Å²) < 4.78 is 5.93. The topological polar surface area (TPSA) is 66.8 Å². The maximum Gasteiger partial charge on any atom is 0.335 e. The number of para-hydroxylation sites is 1. The summed E-state index contributed by atoms with van der Waals surface area (Å²) in [4.78, 5) is 26.5. The molecule has 5 heteroatoms. The van der Waals surface area contributed by atoms with Crippen LogP contribution in [0.15, 0.2) is 54.6 Å². The number of nitrogens with zero attached hydrogens (tertiary/aromatic N) is 1. The number of carboxylic acid groups (broad SMARTS) is 1. The number of Topliss-reactive ketones (excluding diaryl/α,β-unsaturated/α-hetero) is 1. The first kappa shape index (κ1) is 22.0. The molecule has 1 saturated heterocycles. The molecule has 0 aliphatic carbocycles. The number of carbonyl (C=O) groups is 2. The Bertz CT molecular complexity index is 834. The molecule has 0 spiro atoms. The highest BCUT2D eigenvalue weighted by Gasteiger charge is 2.32. The Hall–Kier alpha value is -2.66. The summed E-state index contributed by atoms with van der Waals surface area (Å²) in [6.07, 6.45) is 3.52. The number of rotatable bonds is 9. The second kappa shape index (κ2) is 10.4. The zero-order valence-corrected chi connectivity index (χ0v) is 17.8. The molecule has 3 rings (SSSR count). The predicted molar refractivity (Wildman–Crippen MR) is 117 cm³/mol. The van der Waals surface area contributed by atoms with Crippen LogP contribution < -0.4 is 4.74 Å². The minimum atomic E-state index is -0.935. The number of hydrogen-bond donors (Lipinski definition) is 1. The van der Waals surface area contributed by atoms with Crippen LogP contribution in [0, 0.1) is 0 Å². The molecular formula is C25H31NO4. The van der Waals surface area contributed by atoms with E-state index in [4.69, 9.17) is 9.84 Å². The quantitative estimate of drug-likeness (QED) is 0.646. The van der Waals surface area contributed by atoms with E-state index in [0.717, 1.165) is 37.1 Å². The van der Waals surface area contributed by atoms with Crippen molar-refractivity contribution in [1.82, 2.24) is 4.90 Å². The third-order valence-electron chi connectivity index (χ3n) is 5.95. The lowest BCUT2D eigenvalue weighted by atomic mass is 9.88. The molecule has 1 aliphatic rings. The van der Waals surface area contributed by atoms with Crippen LogP contribution in [-0.4, -0.2) is 47.0 Å². The number of ether oxygens (including phenoxy) is 1. The lowest BCUT2D eigenvalue weighted by Crippen LogP contribution is -2.51. The fraction of sp³-hybridized carbons (Fsp3) is 0.440. The molecule has 1 N–H and O–H groups in total. The number of carboxylic acids is 1. The van der Waals surface area contributed by atoms with Gasteiger partial charge in [0.1, 0.15) is 12.4 Å². The van der Waals surface area contributed by atoms with Crippen LogP contribution in [0.5, 0.6) is 5.75 Å². The molecule has 160 valence electrons. The normalized spacial score (nSPS) is 19.1. The molecule has 5 nitrogen and oxygen atoms in total. The number of ketones is 1. The highest BCUT2D eigenvalue weighted by atomic mass is 16.5. The summed E-state index contributed by atoms with van der Waals surface area (Å²) in [5.74, 6) is 0.230. The third kappa shape index (κ3) is 5.70. The molecule has 0 aromatic heterocycles. The van der Waals surface area contributed by atoms with Gasteiger partial charge in [-0.15, -0.1) is 0 Å². The Morgan fingerprint density at radius 3 is 2.43 bits per heavy atom. The number of hydrogen-bond acceptors (Lipinski definition) is 4. The van der Waals surface area contributed by atoms with Crippen molar-refractivity contribution < 1.29 is 19.4 Å². The number of piperidine rings is 1. The van der Waals surface area contributed by atoms with Gasteiger partial charge in [0, 0.05) is 12.5 Å². The molecule has 30 heavy (non-hydrogen) atoms. The van der Waals surface area contributed by atoms with E-state index >= 15 is 0 Å². The molecule has 2 aromatic carbocycles. The molecule has 0 saturated carbocycles. The van der Waals surface area contributed by atoms with E-state index < -0.39 is 5.97 Å². The zero-order valence-electron chi connectivity index (χ0n) is 17.8. The number of aromatic carboxylic acids is 1. The zero-order chi connectivity index (χ0) is 21.5. The third-order valence-corrected chi connectivity index (χ3v) is 5.95. The number of benzene rings is 2. The summed E-state index contributed by atoms with van der Waals surface area (Å²) in [6, 6.07) is 16.7. The lowest BCUT2D eigenvalue weighted by Gasteiger charge is -2.39. The monoisotopic (exact) mass is 409 g/mol. The first-order valence-corrected chi connectivity index (χ1v) is 10.7. The standard InChI is InChI=1S/C25H31NO4/c1-18(20-11-13-21(14-12-20)25(28)29)16-24(27)23-10-6-7-15-26(23)19(2)17-30-22-8-4-3-5-9-22/h3-5,8-9,11-14,18-19,23H,6-7,10,15-17H2,1-2H3,(H,28,29)/t18-,19?,23-/m1/s1. The van der Waals surface area contributed by atoms with Crippen molar-refractivity contribution in [3.63, 3.8) is 0 Å². The molecule has 2 aromatic rings. The first-order chi connectivity index (χ1) is 14.5. The average Bonchev–Trinajstić information content (AvgIpc) is 2.78. The summed E-state index contributed by atoms with van der Waals surface area (Å²) in [6.45, 7) is 5.63. The molecule has 1 fully saturated rings. The molecule has 0 radical (unpaired) electrons. The van der Waals surface area contributed by atoms with Gasteiger partial charge in [0.2, 0.25) is 0 Å². The minimum absolute atomic E-state index is 0.0556. The fourth-order valence-electron chi connectivity index (χ4n) is 4.17. The highest BCUT2D eigenvalue weighted by Crippen LogP contribution is 2.26. The molecule has 1 aliphatic heterocycles. The van der Waals surface area contributed by atoms with Gasteiger partial charge in [0.25, 0.3) is 0 Å². The molecule has 0 bridgehead atoms. The first-order valence-electron chi connectivity index (χ1n) is 10.7. The van der Waals surface area contributed by atoms with Crippen molar-refractivity contribution in [3.8, 4) is 5.75 Å². The van der Waals surface area contributed by atoms with Gasteiger partial charge in [-0.05, 0) is 62.1 Å². The van der Waals surface area contributed by atoms with Crippen molar-refractivity contribution in [2.75, 3.05) is 13.2 Å². The molecular weight excluding hydrogens is 378 g/mol. The predicted octanol–water partition coefficient (Wildman–Crippen LogP) is 4.77. The van der Waals surface area contributed by atoms with Gasteiger partial charge in [-0.3, -0.25) is 9.69 Å². The van der Waals surface area contributed by atoms with Crippen molar-refractivity contribution in [3.05, 3.63) is 65.7 Å². The van der Waals surface area contributed by atoms with Gasteiger partial charge in [0.15, 0.2) is 5.78 Å². The van der Waals surface area contributed by atoms with E-state index in [-0.39, 0.29) is 29.3 Å². The van der Waals surface area contributed by atoms with Crippen LogP contribution in [0.2, 0.25) is 0 Å². The fourth-order valence-corrected chi connectivity index (χ4v) is 4.17. The largest absolute Gasteiger partial charge is 0.492 e. The maximum atomic E-state index is 13.2. The minimum Gasteiger partial charge on any atom is -0.492 e. The van der Waals surface area contributed by atoms with Gasteiger partial charge in [0.05, 0.1) is 11.6 Å². The van der Waals surface area contributed by atoms with E-state index in [2.05, 4.69) is 11.8 Å². The van der Waals surface area contributed by atoms with Crippen LogP contribution in [0.1, 0.15) is 61.4 Å². The second-order valence-corrected chi connectivity index (χ2v) is 8.22. The van der Waals surface area contributed by atoms with Gasteiger partial charge >= 0.3 is 5.97 Å². The SMILES string of the molecule is CC(COc1ccccc1)N1CCCC[C@@H]1C(=O)C[C@@H](C)c1ccc(C(=O)O)cc1. The average molecular weight is 410 g/mol. The van der Waals surface area contributed by atoms with Crippen molar-refractivity contribution in [2.45, 2.75) is 57.5 Å². The Morgan fingerprint density at radius 1 is 1.07 bits per heavy atom. The van der Waals surface area contributed by atoms with Crippen molar-refractivity contribution >= 4 is 11.8 Å². The lowest BCUT2D eigenvalue weighted by molar-refractivity contribution is -0.127. The summed E-state index contributed by atoms with van der Waals surface area (Å²) in [7, 11) is 0. The van der Waals surface area contributed by atoms with Crippen molar-refractivity contribution in [2.24, 2.45) is 0 Å². The van der Waals surface area contributed by atoms with Crippen LogP contribution >= 0.6 is 0 Å². The Labute approximate surface area is 178 Å². The van der Waals surface area contributed by atoms with Gasteiger partial charge in [-0.25, -0.2) is 4.79 Å². The highest BCUT2D eigenvalue weighted by molar-refractivity contribution is 5.87. The van der Waals surface area contributed by atoms with E-state index in [1.165, 1.54) is 0 Å². The Morgan fingerprint density at radius 2 is 1.77 bits per heavy atom. The molecule has 0 amide bonds. The molecule has 3 atom stereocenters. The number of carbonyl (C=O) groups excluding carboxylic acids is 1. The van der Waals surface area contributed by atoms with Crippen LogP contribution in [0.3, 0.4) is 0 Å². The number of likely N-dealkylation sites (tertiary alicyclic amines) is 1. The van der Waals surface area contributed by atoms with E-state index in [1.54, 1.807) is 12.1 Å². The van der Waals surface area contributed by atoms with Gasteiger partial charge in [-0.2, -0.15) is 0 Å². The second-order valence-electron chi connectivity index (χ2n) is 8.22. The van der Waals surface area contributed by atoms with Crippen LogP contribution in [0.4, 0.5) is 0 Å². The van der Waals surface area contributed by atoms with Crippen LogP contribution in [-0.2, 0) is 4.79 Å². The van der Waals surface area contributed by atoms with Gasteiger partial charge < -0.3 is 9.84 Å². The molecule has 1 heterocycles. The maximum absolute atomic E-state index is 13.2. The smallest absolute Gasteiger partial charge is 0.335 e. The summed E-state index contributed by atoms with van der Waals surface area (Å²) >= 11 is 0. The summed E-state index contributed by atoms with van der Waals surface area (Å²) in [5.41, 5.74) is 1.26. The van der Waals surface area contributed by atoms with Crippen LogP contribution in [0.25, 0.3) is 0 Å². The van der Waals surface area contributed by atoms with E-state index in [1.807, 2.05) is 49.4 Å². The van der Waals surface area contributed by atoms with Crippen molar-refractivity contribution in [1.29, 1.82) is 0 Å². The molecule has 1 unspecified atom stereocenters. The van der Waals surface area contributed by atoms with Gasteiger partial charge in [-0.1, -0.05) is 43.7 Å². The Kier molecular flexibility index (Phi) is 7.63. The Balaban J connectivity index is 1.60. The van der Waals surface area contributed by atoms with E-state index in [0.29, 0.717) is 13.0 Å².